The average Bonchev–Trinajstić information content (AvgIpc) is 2.97. The summed E-state index contributed by atoms with van der Waals surface area (Å²) >= 11 is 0. The van der Waals surface area contributed by atoms with Crippen molar-refractivity contribution in [2.75, 3.05) is 32.7 Å². The molecule has 1 N–H and O–H groups in total. The molecule has 0 unspecified atom stereocenters. The van der Waals surface area contributed by atoms with Gasteiger partial charge in [0.05, 0.1) is 0 Å². The fraction of sp³-hybridized carbons (Fsp3) is 0.929. The minimum atomic E-state index is -7.36. The summed E-state index contributed by atoms with van der Waals surface area (Å²) in [5.41, 5.74) is 0. The molecule has 1 aliphatic rings. The molecule has 0 aromatic rings. The minimum absolute atomic E-state index is 0.159. The predicted molar refractivity (Wildman–Crippen MR) is 151 cm³/mol. The van der Waals surface area contributed by atoms with E-state index in [1.165, 1.54) is 64.2 Å². The average molecular weight is 692 g/mol. The first kappa shape index (κ1) is 41.2. The first-order chi connectivity index (χ1) is 20.9. The van der Waals surface area contributed by atoms with E-state index in [2.05, 4.69) is 12.2 Å². The van der Waals surface area contributed by atoms with E-state index < -0.39 is 75.6 Å². The lowest BCUT2D eigenvalue weighted by Crippen LogP contribution is -2.66. The van der Waals surface area contributed by atoms with E-state index in [9.17, 15) is 57.5 Å². The standard InChI is InChI=1S/C28H46F9N3O4S/c1-2-3-4-5-6-7-8-9-10-11-12-13-14-15-16-17-18-38-23(41)24(42)39-19-21-40(22-20-39)45(43,44)28(36,37)26(31,32)25(29,30)27(33,34)35/h2-22H2,1H3,(H,38,41). The number of hydrogen-bond donors (Lipinski definition) is 1. The Kier molecular flexibility index (Phi) is 17.0. The Bertz CT molecular complexity index is 1000. The zero-order valence-electron chi connectivity index (χ0n) is 25.7. The number of amides is 2. The highest BCUT2D eigenvalue weighted by Crippen LogP contribution is 2.55. The second-order valence-electron chi connectivity index (χ2n) is 11.4. The van der Waals surface area contributed by atoms with E-state index in [0.717, 1.165) is 37.0 Å². The molecule has 1 rings (SSSR count). The Labute approximate surface area is 259 Å². The highest BCUT2D eigenvalue weighted by atomic mass is 32.2. The molecule has 7 nitrogen and oxygen atoms in total. The zero-order chi connectivity index (χ0) is 34.4. The molecule has 0 saturated carbocycles. The molecule has 0 bridgehead atoms. The van der Waals surface area contributed by atoms with Crippen molar-refractivity contribution in [3.05, 3.63) is 0 Å². The summed E-state index contributed by atoms with van der Waals surface area (Å²) in [4.78, 5) is 25.2. The number of sulfonamides is 1. The van der Waals surface area contributed by atoms with Crippen LogP contribution < -0.4 is 5.32 Å². The minimum Gasteiger partial charge on any atom is -0.348 e. The summed E-state index contributed by atoms with van der Waals surface area (Å²) in [6.45, 7) is -1.43. The third-order valence-corrected chi connectivity index (χ3v) is 9.77. The van der Waals surface area contributed by atoms with Crippen LogP contribution in [0.5, 0.6) is 0 Å². The van der Waals surface area contributed by atoms with Crippen molar-refractivity contribution < 1.29 is 57.5 Å². The summed E-state index contributed by atoms with van der Waals surface area (Å²) in [7, 11) is -6.74. The SMILES string of the molecule is CCCCCCCCCCCCCCCCCCNC(=O)C(=O)N1CCN(S(=O)(=O)C(F)(F)C(F)(F)C(F)(F)C(F)(F)F)CC1. The molecule has 1 saturated heterocycles. The summed E-state index contributed by atoms with van der Waals surface area (Å²) in [6.07, 6.45) is 11.3. The number of halogens is 9. The van der Waals surface area contributed by atoms with Crippen molar-refractivity contribution in [3.63, 3.8) is 0 Å². The molecule has 0 radical (unpaired) electrons. The summed E-state index contributed by atoms with van der Waals surface area (Å²) in [5.74, 6) is -16.9. The fourth-order valence-corrected chi connectivity index (χ4v) is 6.33. The van der Waals surface area contributed by atoms with Gasteiger partial charge in [0.2, 0.25) is 0 Å². The number of alkyl halides is 9. The van der Waals surface area contributed by atoms with Gasteiger partial charge in [0.15, 0.2) is 0 Å². The lowest BCUT2D eigenvalue weighted by Gasteiger charge is -2.38. The molecule has 1 heterocycles. The van der Waals surface area contributed by atoms with Crippen LogP contribution >= 0.6 is 0 Å². The molecular formula is C28H46F9N3O4S. The van der Waals surface area contributed by atoms with Crippen LogP contribution in [0.3, 0.4) is 0 Å². The molecule has 2 amide bonds. The molecule has 1 aliphatic heterocycles. The van der Waals surface area contributed by atoms with Crippen LogP contribution in [0.4, 0.5) is 39.5 Å². The normalized spacial score (nSPS) is 15.8. The van der Waals surface area contributed by atoms with Gasteiger partial charge in [-0.2, -0.15) is 43.8 Å². The molecule has 0 spiro atoms. The molecular weight excluding hydrogens is 645 g/mol. The third kappa shape index (κ3) is 11.5. The van der Waals surface area contributed by atoms with E-state index >= 15 is 0 Å². The van der Waals surface area contributed by atoms with Crippen molar-refractivity contribution in [3.8, 4) is 0 Å². The number of rotatable bonds is 21. The van der Waals surface area contributed by atoms with Gasteiger partial charge < -0.3 is 10.2 Å². The molecule has 0 aliphatic carbocycles. The van der Waals surface area contributed by atoms with Crippen molar-refractivity contribution in [2.45, 2.75) is 133 Å². The van der Waals surface area contributed by atoms with Gasteiger partial charge in [-0.25, -0.2) is 8.42 Å². The number of nitrogens with zero attached hydrogens (tertiary/aromatic N) is 2. The lowest BCUT2D eigenvalue weighted by atomic mass is 10.0. The fourth-order valence-electron chi connectivity index (χ4n) is 4.91. The van der Waals surface area contributed by atoms with Gasteiger partial charge >= 0.3 is 35.1 Å². The summed E-state index contributed by atoms with van der Waals surface area (Å²) in [5, 5.41) is -4.46. The maximum atomic E-state index is 14.1. The van der Waals surface area contributed by atoms with Gasteiger partial charge in [-0.1, -0.05) is 103 Å². The molecule has 17 heteroatoms. The van der Waals surface area contributed by atoms with E-state index in [-0.39, 0.29) is 6.54 Å². The van der Waals surface area contributed by atoms with Gasteiger partial charge in [-0.05, 0) is 6.42 Å². The number of carbonyl (C=O) groups excluding carboxylic acids is 2. The molecule has 0 aromatic heterocycles. The summed E-state index contributed by atoms with van der Waals surface area (Å²) in [6, 6.07) is 0. The quantitative estimate of drug-likeness (QED) is 0.0780. The Morgan fingerprint density at radius 1 is 0.600 bits per heavy atom. The monoisotopic (exact) mass is 691 g/mol. The number of carbonyl (C=O) groups is 2. The van der Waals surface area contributed by atoms with E-state index in [4.69, 9.17) is 0 Å². The molecule has 1 fully saturated rings. The van der Waals surface area contributed by atoms with Gasteiger partial charge in [0.1, 0.15) is 0 Å². The van der Waals surface area contributed by atoms with Crippen LogP contribution in [0, 0.1) is 0 Å². The van der Waals surface area contributed by atoms with Gasteiger partial charge in [0.25, 0.3) is 10.0 Å². The first-order valence-corrected chi connectivity index (χ1v) is 17.1. The molecule has 45 heavy (non-hydrogen) atoms. The first-order valence-electron chi connectivity index (χ1n) is 15.6. The number of unbranched alkanes of at least 4 members (excludes halogenated alkanes) is 15. The Morgan fingerprint density at radius 2 is 0.978 bits per heavy atom. The highest BCUT2D eigenvalue weighted by molar-refractivity contribution is 7.90. The van der Waals surface area contributed by atoms with E-state index in [1.807, 2.05) is 0 Å². The van der Waals surface area contributed by atoms with Crippen LogP contribution in [0.15, 0.2) is 0 Å². The van der Waals surface area contributed by atoms with Crippen molar-refractivity contribution >= 4 is 21.8 Å². The summed E-state index contributed by atoms with van der Waals surface area (Å²) < 4.78 is 142. The number of hydrogen-bond acceptors (Lipinski definition) is 4. The maximum Gasteiger partial charge on any atom is 0.460 e. The highest BCUT2D eigenvalue weighted by Gasteiger charge is 2.85. The van der Waals surface area contributed by atoms with Gasteiger partial charge in [0, 0.05) is 32.7 Å². The lowest BCUT2D eigenvalue weighted by molar-refractivity contribution is -0.382. The Hall–Kier alpha value is -1.78. The van der Waals surface area contributed by atoms with Crippen molar-refractivity contribution in [1.82, 2.24) is 14.5 Å². The van der Waals surface area contributed by atoms with Crippen LogP contribution in [-0.2, 0) is 19.6 Å². The van der Waals surface area contributed by atoms with Crippen molar-refractivity contribution in [1.29, 1.82) is 0 Å². The second-order valence-corrected chi connectivity index (χ2v) is 13.4. The topological polar surface area (TPSA) is 86.8 Å². The Morgan fingerprint density at radius 3 is 1.36 bits per heavy atom. The Balaban J connectivity index is 2.29. The third-order valence-electron chi connectivity index (χ3n) is 7.82. The predicted octanol–water partition coefficient (Wildman–Crippen LogP) is 7.26. The molecule has 266 valence electrons. The number of nitrogens with one attached hydrogen (secondary N) is 1. The largest absolute Gasteiger partial charge is 0.460 e. The second kappa shape index (κ2) is 18.5. The van der Waals surface area contributed by atoms with E-state index in [0.29, 0.717) is 6.42 Å². The zero-order valence-corrected chi connectivity index (χ0v) is 26.5. The van der Waals surface area contributed by atoms with E-state index in [1.54, 1.807) is 0 Å². The van der Waals surface area contributed by atoms with Crippen molar-refractivity contribution in [2.24, 2.45) is 0 Å². The van der Waals surface area contributed by atoms with Crippen LogP contribution in [-0.4, -0.2) is 85.4 Å². The molecule has 0 atom stereocenters. The van der Waals surface area contributed by atoms with Gasteiger partial charge in [-0.15, -0.1) is 0 Å². The van der Waals surface area contributed by atoms with Crippen LogP contribution in [0.2, 0.25) is 0 Å². The number of piperazine rings is 1. The van der Waals surface area contributed by atoms with Crippen LogP contribution in [0.25, 0.3) is 0 Å². The van der Waals surface area contributed by atoms with Crippen LogP contribution in [0.1, 0.15) is 110 Å². The smallest absolute Gasteiger partial charge is 0.348 e. The molecule has 0 aromatic carbocycles. The van der Waals surface area contributed by atoms with Gasteiger partial charge in [-0.3, -0.25) is 9.59 Å². The maximum absolute atomic E-state index is 14.1.